The topological polar surface area (TPSA) is 64.4 Å². The van der Waals surface area contributed by atoms with Gasteiger partial charge in [0.1, 0.15) is 0 Å². The Morgan fingerprint density at radius 1 is 1.38 bits per heavy atom. The van der Waals surface area contributed by atoms with E-state index in [-0.39, 0.29) is 11.9 Å². The Morgan fingerprint density at radius 2 is 2.19 bits per heavy atom. The molecule has 6 nitrogen and oxygen atoms in total. The average molecular weight is 313 g/mol. The van der Waals surface area contributed by atoms with Gasteiger partial charge in [-0.2, -0.15) is 9.40 Å². The van der Waals surface area contributed by atoms with Crippen molar-refractivity contribution in [3.8, 4) is 0 Å². The zero-order valence-electron chi connectivity index (χ0n) is 12.4. The van der Waals surface area contributed by atoms with Crippen LogP contribution in [0.3, 0.4) is 0 Å². The molecule has 7 heteroatoms. The van der Waals surface area contributed by atoms with Crippen molar-refractivity contribution in [1.29, 1.82) is 0 Å². The lowest BCUT2D eigenvalue weighted by Gasteiger charge is -2.23. The molecule has 1 aromatic heterocycles. The molecule has 0 radical (unpaired) electrons. The molecule has 0 aromatic carbocycles. The highest BCUT2D eigenvalue weighted by Gasteiger charge is 2.31. The highest BCUT2D eigenvalue weighted by atomic mass is 32.2. The maximum atomic E-state index is 12.4. The van der Waals surface area contributed by atoms with Crippen LogP contribution in [-0.4, -0.2) is 47.5 Å². The van der Waals surface area contributed by atoms with Gasteiger partial charge in [-0.1, -0.05) is 6.92 Å². The van der Waals surface area contributed by atoms with Crippen LogP contribution in [0.4, 0.5) is 0 Å². The maximum absolute atomic E-state index is 12.4. The minimum absolute atomic E-state index is 0.113. The zero-order valence-corrected chi connectivity index (χ0v) is 13.3. The van der Waals surface area contributed by atoms with Crippen molar-refractivity contribution in [3.63, 3.8) is 0 Å². The van der Waals surface area contributed by atoms with E-state index in [2.05, 4.69) is 5.10 Å². The molecule has 0 bridgehead atoms. The fourth-order valence-corrected chi connectivity index (χ4v) is 4.14. The Labute approximate surface area is 126 Å². The lowest BCUT2D eigenvalue weighted by molar-refractivity contribution is 0.0258. The second kappa shape index (κ2) is 6.06. The summed E-state index contributed by atoms with van der Waals surface area (Å²) < 4.78 is 34.2. The van der Waals surface area contributed by atoms with E-state index in [0.717, 1.165) is 12.3 Å². The number of ether oxygens (including phenoxy) is 1. The average Bonchev–Trinajstić information content (AvgIpc) is 3.19. The SMILES string of the molecule is CCCS(=O)(=O)N1Cc2ccnn2C[C@@H](OCC2CC2)C1. The lowest BCUT2D eigenvalue weighted by Crippen LogP contribution is -2.38. The van der Waals surface area contributed by atoms with Crippen molar-refractivity contribution in [3.05, 3.63) is 18.0 Å². The summed E-state index contributed by atoms with van der Waals surface area (Å²) in [5.74, 6) is 0.863. The number of aromatic nitrogens is 2. The summed E-state index contributed by atoms with van der Waals surface area (Å²) in [6.07, 6.45) is 4.71. The van der Waals surface area contributed by atoms with Crippen LogP contribution in [0.15, 0.2) is 12.3 Å². The summed E-state index contributed by atoms with van der Waals surface area (Å²) in [6, 6.07) is 1.89. The third kappa shape index (κ3) is 3.64. The van der Waals surface area contributed by atoms with Gasteiger partial charge in [-0.3, -0.25) is 4.68 Å². The van der Waals surface area contributed by atoms with Gasteiger partial charge in [0.15, 0.2) is 0 Å². The molecular formula is C14H23N3O3S. The molecule has 1 aromatic rings. The van der Waals surface area contributed by atoms with Gasteiger partial charge >= 0.3 is 0 Å². The van der Waals surface area contributed by atoms with Crippen LogP contribution >= 0.6 is 0 Å². The number of hydrogen-bond acceptors (Lipinski definition) is 4. The molecule has 118 valence electrons. The van der Waals surface area contributed by atoms with Crippen LogP contribution in [0, 0.1) is 5.92 Å². The third-order valence-electron chi connectivity index (χ3n) is 4.05. The van der Waals surface area contributed by atoms with Crippen molar-refractivity contribution in [2.45, 2.75) is 45.4 Å². The molecule has 0 N–H and O–H groups in total. The molecule has 21 heavy (non-hydrogen) atoms. The summed E-state index contributed by atoms with van der Waals surface area (Å²) in [4.78, 5) is 0. The van der Waals surface area contributed by atoms with Crippen molar-refractivity contribution in [2.75, 3.05) is 18.9 Å². The normalized spacial score (nSPS) is 23.8. The molecule has 0 saturated heterocycles. The molecule has 2 heterocycles. The van der Waals surface area contributed by atoms with E-state index in [0.29, 0.717) is 32.0 Å². The van der Waals surface area contributed by atoms with Gasteiger partial charge in [0.25, 0.3) is 0 Å². The van der Waals surface area contributed by atoms with Gasteiger partial charge in [0, 0.05) is 19.3 Å². The van der Waals surface area contributed by atoms with Crippen molar-refractivity contribution in [2.24, 2.45) is 5.92 Å². The highest BCUT2D eigenvalue weighted by molar-refractivity contribution is 7.89. The molecule has 1 saturated carbocycles. The molecule has 0 unspecified atom stereocenters. The van der Waals surface area contributed by atoms with Crippen LogP contribution in [-0.2, 0) is 27.8 Å². The van der Waals surface area contributed by atoms with Gasteiger partial charge in [-0.05, 0) is 31.2 Å². The van der Waals surface area contributed by atoms with Gasteiger partial charge in [0.05, 0.1) is 30.6 Å². The fourth-order valence-electron chi connectivity index (χ4n) is 2.64. The van der Waals surface area contributed by atoms with Crippen LogP contribution in [0.2, 0.25) is 0 Å². The molecule has 1 atom stereocenters. The molecule has 3 rings (SSSR count). The molecule has 1 fully saturated rings. The Bertz CT molecular complexity index is 580. The minimum Gasteiger partial charge on any atom is -0.375 e. The largest absolute Gasteiger partial charge is 0.375 e. The zero-order chi connectivity index (χ0) is 14.9. The molecule has 2 aliphatic rings. The predicted octanol–water partition coefficient (Wildman–Crippen LogP) is 1.23. The van der Waals surface area contributed by atoms with E-state index in [4.69, 9.17) is 4.74 Å². The number of nitrogens with zero attached hydrogens (tertiary/aromatic N) is 3. The number of sulfonamides is 1. The number of fused-ring (bicyclic) bond motifs is 1. The number of rotatable bonds is 6. The fraction of sp³-hybridized carbons (Fsp3) is 0.786. The van der Waals surface area contributed by atoms with Gasteiger partial charge < -0.3 is 4.74 Å². The van der Waals surface area contributed by atoms with Crippen LogP contribution in [0.1, 0.15) is 31.9 Å². The van der Waals surface area contributed by atoms with Gasteiger partial charge in [0.2, 0.25) is 10.0 Å². The first kappa shape index (κ1) is 15.0. The van der Waals surface area contributed by atoms with Crippen molar-refractivity contribution >= 4 is 10.0 Å². The van der Waals surface area contributed by atoms with Crippen molar-refractivity contribution in [1.82, 2.24) is 14.1 Å². The van der Waals surface area contributed by atoms with Crippen LogP contribution in [0.25, 0.3) is 0 Å². The van der Waals surface area contributed by atoms with Crippen molar-refractivity contribution < 1.29 is 13.2 Å². The van der Waals surface area contributed by atoms with Crippen LogP contribution < -0.4 is 0 Å². The Kier molecular flexibility index (Phi) is 4.33. The molecule has 1 aliphatic heterocycles. The summed E-state index contributed by atoms with van der Waals surface area (Å²) in [7, 11) is -3.22. The van der Waals surface area contributed by atoms with E-state index >= 15 is 0 Å². The minimum atomic E-state index is -3.22. The second-order valence-corrected chi connectivity index (χ2v) is 8.10. The lowest BCUT2D eigenvalue weighted by atomic mass is 10.3. The van der Waals surface area contributed by atoms with Gasteiger partial charge in [-0.15, -0.1) is 0 Å². The Balaban J connectivity index is 1.76. The van der Waals surface area contributed by atoms with E-state index in [1.165, 1.54) is 12.8 Å². The standard InChI is InChI=1S/C14H23N3O3S/c1-2-7-21(18,19)16-8-13-5-6-15-17(13)10-14(9-16)20-11-12-3-4-12/h5-6,12,14H,2-4,7-11H2,1H3/t14-/m0/s1. The van der Waals surface area contributed by atoms with E-state index in [1.54, 1.807) is 10.5 Å². The highest BCUT2D eigenvalue weighted by Crippen LogP contribution is 2.29. The predicted molar refractivity (Wildman–Crippen MR) is 79.2 cm³/mol. The second-order valence-electron chi connectivity index (χ2n) is 6.01. The first-order valence-electron chi connectivity index (χ1n) is 7.68. The van der Waals surface area contributed by atoms with E-state index in [1.807, 2.05) is 17.7 Å². The van der Waals surface area contributed by atoms with Crippen LogP contribution in [0.5, 0.6) is 0 Å². The maximum Gasteiger partial charge on any atom is 0.214 e. The first-order chi connectivity index (χ1) is 10.1. The molecule has 0 spiro atoms. The number of hydrogen-bond donors (Lipinski definition) is 0. The summed E-state index contributed by atoms with van der Waals surface area (Å²) >= 11 is 0. The first-order valence-corrected chi connectivity index (χ1v) is 9.29. The van der Waals surface area contributed by atoms with Gasteiger partial charge in [-0.25, -0.2) is 8.42 Å². The summed E-state index contributed by atoms with van der Waals surface area (Å²) in [5.41, 5.74) is 0.937. The summed E-state index contributed by atoms with van der Waals surface area (Å²) in [6.45, 7) is 4.08. The smallest absolute Gasteiger partial charge is 0.214 e. The Morgan fingerprint density at radius 3 is 2.90 bits per heavy atom. The van der Waals surface area contributed by atoms with E-state index < -0.39 is 10.0 Å². The quantitative estimate of drug-likeness (QED) is 0.792. The summed E-state index contributed by atoms with van der Waals surface area (Å²) in [5, 5.41) is 4.29. The molecule has 1 aliphatic carbocycles. The monoisotopic (exact) mass is 313 g/mol. The molecular weight excluding hydrogens is 290 g/mol. The van der Waals surface area contributed by atoms with E-state index in [9.17, 15) is 8.42 Å². The Hall–Kier alpha value is -0.920. The molecule has 0 amide bonds. The third-order valence-corrected chi connectivity index (χ3v) is 6.04.